The van der Waals surface area contributed by atoms with Gasteiger partial charge in [-0.2, -0.15) is 0 Å². The number of anilines is 2. The fourth-order valence-electron chi connectivity index (χ4n) is 4.67. The van der Waals surface area contributed by atoms with Crippen LogP contribution in [0.5, 0.6) is 5.75 Å². The quantitative estimate of drug-likeness (QED) is 0.217. The number of hydrogen-bond donors (Lipinski definition) is 2. The van der Waals surface area contributed by atoms with Crippen molar-refractivity contribution in [3.05, 3.63) is 81.9 Å². The maximum Gasteiger partial charge on any atom is 0.271 e. The number of phenolic OH excluding ortho intramolecular Hbond substituents is 1. The molecule has 10 nitrogen and oxygen atoms in total. The molecule has 0 aromatic heterocycles. The highest BCUT2D eigenvalue weighted by Crippen LogP contribution is 2.50. The fraction of sp³-hybridized carbons (Fsp3) is 0.308. The standard InChI is InChI=1S/C26H29N5O5S/c1-5-37(35,36)29-22-15-24-20(26(3,17(2)30(24)4)16-18-9-7-6-8-10-18)14-21(22)27-28-23-13-19(31(33)34)11-12-25(23)32/h6-15,17,29,32H,5,16H2,1-4H3. The van der Waals surface area contributed by atoms with Gasteiger partial charge in [0.25, 0.3) is 5.69 Å². The molecule has 2 N–H and O–H groups in total. The van der Waals surface area contributed by atoms with E-state index in [1.54, 1.807) is 6.07 Å². The number of hydrogen-bond acceptors (Lipinski definition) is 8. The van der Waals surface area contributed by atoms with Gasteiger partial charge in [0.1, 0.15) is 17.1 Å². The second-order valence-corrected chi connectivity index (χ2v) is 11.4. The second kappa shape index (κ2) is 9.81. The summed E-state index contributed by atoms with van der Waals surface area (Å²) in [4.78, 5) is 12.7. The van der Waals surface area contributed by atoms with E-state index in [0.29, 0.717) is 0 Å². The Labute approximate surface area is 215 Å². The summed E-state index contributed by atoms with van der Waals surface area (Å²) in [6.45, 7) is 5.82. The van der Waals surface area contributed by atoms with Crippen LogP contribution in [0.4, 0.5) is 28.4 Å². The molecule has 0 bridgehead atoms. The zero-order valence-corrected chi connectivity index (χ0v) is 21.9. The number of nitrogens with one attached hydrogen (secondary N) is 1. The van der Waals surface area contributed by atoms with Gasteiger partial charge in [0.15, 0.2) is 0 Å². The predicted octanol–water partition coefficient (Wildman–Crippen LogP) is 5.82. The first-order valence-corrected chi connectivity index (χ1v) is 13.5. The van der Waals surface area contributed by atoms with E-state index >= 15 is 0 Å². The van der Waals surface area contributed by atoms with Crippen molar-refractivity contribution in [2.75, 3.05) is 22.4 Å². The molecule has 2 unspecified atom stereocenters. The Balaban J connectivity index is 1.86. The lowest BCUT2D eigenvalue weighted by molar-refractivity contribution is -0.384. The summed E-state index contributed by atoms with van der Waals surface area (Å²) in [5.41, 5.74) is 2.81. The van der Waals surface area contributed by atoms with Crippen LogP contribution < -0.4 is 9.62 Å². The third-order valence-electron chi connectivity index (χ3n) is 7.11. The molecule has 0 saturated heterocycles. The van der Waals surface area contributed by atoms with Crippen LogP contribution >= 0.6 is 0 Å². The molecule has 0 saturated carbocycles. The summed E-state index contributed by atoms with van der Waals surface area (Å²) in [6.07, 6.45) is 0.745. The Hall–Kier alpha value is -3.99. The Bertz CT molecular complexity index is 1480. The van der Waals surface area contributed by atoms with Crippen molar-refractivity contribution in [2.45, 2.75) is 38.6 Å². The van der Waals surface area contributed by atoms with Gasteiger partial charge in [-0.15, -0.1) is 10.2 Å². The van der Waals surface area contributed by atoms with Crippen molar-refractivity contribution in [1.29, 1.82) is 0 Å². The maximum atomic E-state index is 12.5. The van der Waals surface area contributed by atoms with Crippen LogP contribution in [0.25, 0.3) is 0 Å². The first-order valence-electron chi connectivity index (χ1n) is 11.8. The number of fused-ring (bicyclic) bond motifs is 1. The number of non-ortho nitro benzene ring substituents is 1. The Kier molecular flexibility index (Phi) is 6.92. The van der Waals surface area contributed by atoms with Crippen molar-refractivity contribution in [1.82, 2.24) is 0 Å². The highest BCUT2D eigenvalue weighted by atomic mass is 32.2. The molecule has 0 fully saturated rings. The van der Waals surface area contributed by atoms with Crippen molar-refractivity contribution in [2.24, 2.45) is 10.2 Å². The summed E-state index contributed by atoms with van der Waals surface area (Å²) in [7, 11) is -1.67. The predicted molar refractivity (Wildman–Crippen MR) is 144 cm³/mol. The molecule has 1 aliphatic rings. The molecule has 37 heavy (non-hydrogen) atoms. The summed E-state index contributed by atoms with van der Waals surface area (Å²) in [5, 5.41) is 29.6. The third kappa shape index (κ3) is 5.12. The number of azo groups is 1. The zero-order chi connectivity index (χ0) is 27.0. The van der Waals surface area contributed by atoms with Crippen LogP contribution in [0.3, 0.4) is 0 Å². The average molecular weight is 524 g/mol. The van der Waals surface area contributed by atoms with Crippen LogP contribution in [-0.2, 0) is 21.9 Å². The first kappa shape index (κ1) is 26.1. The minimum absolute atomic E-state index is 0.0892. The first-order chi connectivity index (χ1) is 17.4. The number of aromatic hydroxyl groups is 1. The zero-order valence-electron chi connectivity index (χ0n) is 21.0. The van der Waals surface area contributed by atoms with E-state index in [4.69, 9.17) is 0 Å². The van der Waals surface area contributed by atoms with Gasteiger partial charge in [0.05, 0.1) is 16.4 Å². The highest BCUT2D eigenvalue weighted by molar-refractivity contribution is 7.92. The van der Waals surface area contributed by atoms with Gasteiger partial charge in [0.2, 0.25) is 10.0 Å². The summed E-state index contributed by atoms with van der Waals surface area (Å²) in [5.74, 6) is -0.418. The minimum atomic E-state index is -3.64. The van der Waals surface area contributed by atoms with Crippen molar-refractivity contribution >= 4 is 38.5 Å². The van der Waals surface area contributed by atoms with E-state index < -0.39 is 14.9 Å². The van der Waals surface area contributed by atoms with Gasteiger partial charge in [0, 0.05) is 36.3 Å². The smallest absolute Gasteiger partial charge is 0.271 e. The number of nitro benzene ring substituents is 1. The molecule has 194 valence electrons. The monoisotopic (exact) mass is 523 g/mol. The number of benzene rings is 3. The molecule has 1 heterocycles. The maximum absolute atomic E-state index is 12.5. The van der Waals surface area contributed by atoms with Crippen LogP contribution in [0, 0.1) is 10.1 Å². The van der Waals surface area contributed by atoms with E-state index in [1.807, 2.05) is 31.3 Å². The molecule has 0 spiro atoms. The highest BCUT2D eigenvalue weighted by Gasteiger charge is 2.44. The van der Waals surface area contributed by atoms with Crippen LogP contribution in [-0.4, -0.2) is 37.3 Å². The van der Waals surface area contributed by atoms with E-state index in [-0.39, 0.29) is 45.7 Å². The number of sulfonamides is 1. The van der Waals surface area contributed by atoms with Gasteiger partial charge < -0.3 is 10.0 Å². The summed E-state index contributed by atoms with van der Waals surface area (Å²) < 4.78 is 27.5. The van der Waals surface area contributed by atoms with E-state index in [1.165, 1.54) is 18.6 Å². The van der Waals surface area contributed by atoms with Crippen LogP contribution in [0.2, 0.25) is 0 Å². The largest absolute Gasteiger partial charge is 0.506 e. The number of rotatable bonds is 8. The molecule has 3 aromatic carbocycles. The number of nitro groups is 1. The third-order valence-corrected chi connectivity index (χ3v) is 8.40. The van der Waals surface area contributed by atoms with Crippen LogP contribution in [0.15, 0.2) is 70.9 Å². The molecule has 1 aliphatic heterocycles. The molecule has 0 radical (unpaired) electrons. The molecule has 4 rings (SSSR count). The molecule has 0 amide bonds. The Morgan fingerprint density at radius 1 is 1.11 bits per heavy atom. The van der Waals surface area contributed by atoms with Gasteiger partial charge in [-0.05, 0) is 49.6 Å². The Morgan fingerprint density at radius 3 is 2.43 bits per heavy atom. The average Bonchev–Trinajstić information content (AvgIpc) is 3.04. The van der Waals surface area contributed by atoms with Gasteiger partial charge in [-0.25, -0.2) is 8.42 Å². The molecule has 2 atom stereocenters. The molecular weight excluding hydrogens is 494 g/mol. The molecule has 11 heteroatoms. The minimum Gasteiger partial charge on any atom is -0.506 e. The van der Waals surface area contributed by atoms with E-state index in [2.05, 4.69) is 45.8 Å². The van der Waals surface area contributed by atoms with Crippen LogP contribution in [0.1, 0.15) is 31.9 Å². The number of phenols is 1. The van der Waals surface area contributed by atoms with Crippen molar-refractivity contribution in [3.8, 4) is 5.75 Å². The number of likely N-dealkylation sites (N-methyl/N-ethyl adjacent to an activating group) is 1. The lowest BCUT2D eigenvalue weighted by atomic mass is 9.74. The molecule has 3 aromatic rings. The van der Waals surface area contributed by atoms with Crippen molar-refractivity contribution < 1.29 is 18.4 Å². The van der Waals surface area contributed by atoms with E-state index in [0.717, 1.165) is 29.8 Å². The summed E-state index contributed by atoms with van der Waals surface area (Å²) >= 11 is 0. The topological polar surface area (TPSA) is 138 Å². The second-order valence-electron chi connectivity index (χ2n) is 9.39. The van der Waals surface area contributed by atoms with E-state index in [9.17, 15) is 23.6 Å². The SMILES string of the molecule is CCS(=O)(=O)Nc1cc2c(cc1N=Nc1cc([N+](=O)[O-])ccc1O)C(C)(Cc1ccccc1)C(C)N2C. The normalized spacial score (nSPS) is 19.2. The van der Waals surface area contributed by atoms with Gasteiger partial charge in [-0.1, -0.05) is 37.3 Å². The number of nitrogens with zero attached hydrogens (tertiary/aromatic N) is 4. The van der Waals surface area contributed by atoms with Gasteiger partial charge >= 0.3 is 0 Å². The fourth-order valence-corrected chi connectivity index (χ4v) is 5.31. The lowest BCUT2D eigenvalue weighted by Gasteiger charge is -2.33. The molecular formula is C26H29N5O5S. The van der Waals surface area contributed by atoms with Crippen molar-refractivity contribution in [3.63, 3.8) is 0 Å². The van der Waals surface area contributed by atoms with Gasteiger partial charge in [-0.3, -0.25) is 14.8 Å². The molecule has 0 aliphatic carbocycles. The summed E-state index contributed by atoms with van der Waals surface area (Å²) in [6, 6.07) is 17.2. The lowest BCUT2D eigenvalue weighted by Crippen LogP contribution is -2.40. The Morgan fingerprint density at radius 2 is 1.78 bits per heavy atom.